The number of aliphatic hydroxyl groups is 1. The average Bonchev–Trinajstić information content (AvgIpc) is 3.49. The van der Waals surface area contributed by atoms with Gasteiger partial charge in [-0.2, -0.15) is 0 Å². The van der Waals surface area contributed by atoms with Crippen molar-refractivity contribution in [3.05, 3.63) is 29.8 Å². The molecule has 10 unspecified atom stereocenters. The molecule has 47 heavy (non-hydrogen) atoms. The highest BCUT2D eigenvalue weighted by molar-refractivity contribution is 5.88. The molecule has 1 aromatic carbocycles. The second kappa shape index (κ2) is 13.1. The van der Waals surface area contributed by atoms with E-state index in [1.807, 2.05) is 24.3 Å². The zero-order valence-corrected chi connectivity index (χ0v) is 29.3. The zero-order chi connectivity index (χ0) is 33.6. The van der Waals surface area contributed by atoms with Gasteiger partial charge in [0.1, 0.15) is 18.1 Å². The molecule has 5 aliphatic rings. The number of ether oxygens (including phenoxy) is 1. The minimum Gasteiger partial charge on any atom is -0.494 e. The lowest BCUT2D eigenvalue weighted by Gasteiger charge is -2.69. The molecule has 0 heterocycles. The highest BCUT2D eigenvalue weighted by Crippen LogP contribution is 2.73. The van der Waals surface area contributed by atoms with Gasteiger partial charge in [-0.1, -0.05) is 46.2 Å². The summed E-state index contributed by atoms with van der Waals surface area (Å²) in [4.78, 5) is 37.3. The van der Waals surface area contributed by atoms with E-state index in [4.69, 9.17) is 4.74 Å². The number of aldehydes is 1. The van der Waals surface area contributed by atoms with Gasteiger partial charge in [0.25, 0.3) is 0 Å². The van der Waals surface area contributed by atoms with Crippen LogP contribution < -0.4 is 10.1 Å². The van der Waals surface area contributed by atoms with Crippen LogP contribution in [-0.4, -0.2) is 47.1 Å². The van der Waals surface area contributed by atoms with Crippen LogP contribution in [0.25, 0.3) is 0 Å². The molecule has 1 amide bonds. The summed E-state index contributed by atoms with van der Waals surface area (Å²) >= 11 is 0. The standard InChI is InChI=1S/C40H59NO6/c1-37(2)32-17-20-38(3)29-16-22-40(19-8-9-30(40)28(29)14-15-33(38)39(32,4)21-18-34(37)43)36(46)41-31(35(44)45)25-26-10-12-27(13-11-26)47-24-7-5-6-23-42/h10-13,23,28-34,43H,5-9,14-22,24-25H2,1-4H3,(H,41,46)(H,44,45). The Morgan fingerprint density at radius 2 is 1.64 bits per heavy atom. The number of fused-ring (bicyclic) bond motifs is 7. The van der Waals surface area contributed by atoms with Gasteiger partial charge in [-0.25, -0.2) is 4.79 Å². The van der Waals surface area contributed by atoms with Crippen molar-refractivity contribution in [2.75, 3.05) is 6.61 Å². The molecule has 6 rings (SSSR count). The first-order valence-electron chi connectivity index (χ1n) is 18.7. The lowest BCUT2D eigenvalue weighted by atomic mass is 9.36. The highest BCUT2D eigenvalue weighted by Gasteiger charge is 2.67. The van der Waals surface area contributed by atoms with Crippen LogP contribution in [0.1, 0.15) is 123 Å². The Morgan fingerprint density at radius 1 is 0.894 bits per heavy atom. The fourth-order valence-electron chi connectivity index (χ4n) is 12.6. The highest BCUT2D eigenvalue weighted by atomic mass is 16.5. The molecule has 3 N–H and O–H groups in total. The van der Waals surface area contributed by atoms with Gasteiger partial charge in [0.15, 0.2) is 0 Å². The number of carbonyl (C=O) groups is 3. The summed E-state index contributed by atoms with van der Waals surface area (Å²) in [5.74, 6) is 2.35. The quantitative estimate of drug-likeness (QED) is 0.170. The Labute approximate surface area is 282 Å². The van der Waals surface area contributed by atoms with Crippen LogP contribution in [0.4, 0.5) is 0 Å². The number of amides is 1. The molecule has 5 fully saturated rings. The number of unbranched alkanes of at least 4 members (excludes halogenated alkanes) is 2. The molecule has 10 atom stereocenters. The summed E-state index contributed by atoms with van der Waals surface area (Å²) in [5.41, 5.74) is 0.845. The number of hydrogen-bond acceptors (Lipinski definition) is 5. The van der Waals surface area contributed by atoms with E-state index >= 15 is 0 Å². The summed E-state index contributed by atoms with van der Waals surface area (Å²) in [6.07, 6.45) is 14.8. The summed E-state index contributed by atoms with van der Waals surface area (Å²) in [6.45, 7) is 10.3. The molecule has 7 heteroatoms. The monoisotopic (exact) mass is 649 g/mol. The molecule has 0 saturated heterocycles. The van der Waals surface area contributed by atoms with Crippen LogP contribution in [0, 0.1) is 51.2 Å². The van der Waals surface area contributed by atoms with Crippen LogP contribution in [-0.2, 0) is 20.8 Å². The summed E-state index contributed by atoms with van der Waals surface area (Å²) in [6, 6.07) is 6.49. The van der Waals surface area contributed by atoms with Crippen LogP contribution in [0.15, 0.2) is 24.3 Å². The summed E-state index contributed by atoms with van der Waals surface area (Å²) in [7, 11) is 0. The van der Waals surface area contributed by atoms with Crippen LogP contribution >= 0.6 is 0 Å². The van der Waals surface area contributed by atoms with Crippen molar-refractivity contribution >= 4 is 18.2 Å². The second-order valence-corrected chi connectivity index (χ2v) is 17.3. The van der Waals surface area contributed by atoms with Crippen molar-refractivity contribution < 1.29 is 29.3 Å². The first kappa shape index (κ1) is 34.5. The van der Waals surface area contributed by atoms with E-state index in [-0.39, 0.29) is 34.7 Å². The molecule has 7 nitrogen and oxygen atoms in total. The Hall–Kier alpha value is -2.41. The Kier molecular flexibility index (Phi) is 9.63. The number of carbonyl (C=O) groups excluding carboxylic acids is 2. The fourth-order valence-corrected chi connectivity index (χ4v) is 12.6. The minimum absolute atomic E-state index is 0.0351. The van der Waals surface area contributed by atoms with E-state index in [9.17, 15) is 24.6 Å². The number of aliphatic hydroxyl groups excluding tert-OH is 1. The van der Waals surface area contributed by atoms with E-state index < -0.39 is 17.4 Å². The molecule has 1 aromatic rings. The molecular weight excluding hydrogens is 590 g/mol. The predicted molar refractivity (Wildman–Crippen MR) is 182 cm³/mol. The van der Waals surface area contributed by atoms with E-state index in [2.05, 4.69) is 33.0 Å². The Morgan fingerprint density at radius 3 is 2.36 bits per heavy atom. The molecular formula is C40H59NO6. The topological polar surface area (TPSA) is 113 Å². The van der Waals surface area contributed by atoms with Gasteiger partial charge in [-0.05, 0) is 141 Å². The molecule has 5 saturated carbocycles. The first-order chi connectivity index (χ1) is 22.4. The molecule has 0 radical (unpaired) electrons. The van der Waals surface area contributed by atoms with E-state index in [0.717, 1.165) is 75.4 Å². The fraction of sp³-hybridized carbons (Fsp3) is 0.775. The SMILES string of the molecule is CC1(C)C(O)CCC2(C)C1CCC1(C)C3CCC4(C(=O)NC(Cc5ccc(OCCCCC=O)cc5)C(=O)O)CCCC4C3CCC12. The number of carboxylic acid groups (broad SMARTS) is 1. The first-order valence-corrected chi connectivity index (χ1v) is 18.7. The molecule has 0 bridgehead atoms. The van der Waals surface area contributed by atoms with Gasteiger partial charge < -0.3 is 25.1 Å². The zero-order valence-electron chi connectivity index (χ0n) is 29.3. The maximum atomic E-state index is 14.3. The number of nitrogens with one attached hydrogen (secondary N) is 1. The van der Waals surface area contributed by atoms with Crippen molar-refractivity contribution in [1.82, 2.24) is 5.32 Å². The summed E-state index contributed by atoms with van der Waals surface area (Å²) in [5, 5.41) is 24.2. The molecule has 0 aromatic heterocycles. The van der Waals surface area contributed by atoms with Gasteiger partial charge >= 0.3 is 5.97 Å². The van der Waals surface area contributed by atoms with Crippen molar-refractivity contribution in [2.24, 2.45) is 51.2 Å². The summed E-state index contributed by atoms with van der Waals surface area (Å²) < 4.78 is 5.77. The van der Waals surface area contributed by atoms with E-state index in [1.54, 1.807) is 0 Å². The third kappa shape index (κ3) is 5.95. The number of carboxylic acids is 1. The van der Waals surface area contributed by atoms with Crippen molar-refractivity contribution in [2.45, 2.75) is 136 Å². The van der Waals surface area contributed by atoms with E-state index in [0.29, 0.717) is 42.6 Å². The smallest absolute Gasteiger partial charge is 0.326 e. The van der Waals surface area contributed by atoms with E-state index in [1.165, 1.54) is 25.7 Å². The number of benzene rings is 1. The maximum Gasteiger partial charge on any atom is 0.326 e. The molecule has 5 aliphatic carbocycles. The molecule has 260 valence electrons. The number of rotatable bonds is 11. The van der Waals surface area contributed by atoms with Crippen molar-refractivity contribution in [3.8, 4) is 5.75 Å². The second-order valence-electron chi connectivity index (χ2n) is 17.3. The Bertz CT molecular complexity index is 1310. The lowest BCUT2D eigenvalue weighted by molar-refractivity contribution is -0.214. The van der Waals surface area contributed by atoms with Crippen molar-refractivity contribution in [3.63, 3.8) is 0 Å². The molecule has 0 spiro atoms. The normalized spacial score (nSPS) is 39.3. The van der Waals surface area contributed by atoms with Gasteiger partial charge in [-0.15, -0.1) is 0 Å². The Balaban J connectivity index is 1.13. The van der Waals surface area contributed by atoms with Crippen LogP contribution in [0.2, 0.25) is 0 Å². The maximum absolute atomic E-state index is 14.3. The minimum atomic E-state index is -0.993. The van der Waals surface area contributed by atoms with Crippen molar-refractivity contribution in [1.29, 1.82) is 0 Å². The van der Waals surface area contributed by atoms with Gasteiger partial charge in [-0.3, -0.25) is 4.79 Å². The largest absolute Gasteiger partial charge is 0.494 e. The van der Waals surface area contributed by atoms with Crippen LogP contribution in [0.3, 0.4) is 0 Å². The third-order valence-corrected chi connectivity index (χ3v) is 14.9. The van der Waals surface area contributed by atoms with Gasteiger partial charge in [0.2, 0.25) is 5.91 Å². The third-order valence-electron chi connectivity index (χ3n) is 14.9. The number of hydrogen-bond donors (Lipinski definition) is 3. The van der Waals surface area contributed by atoms with Gasteiger partial charge in [0.05, 0.1) is 18.1 Å². The number of aliphatic carboxylic acids is 1. The van der Waals surface area contributed by atoms with Gasteiger partial charge in [0, 0.05) is 12.8 Å². The lowest BCUT2D eigenvalue weighted by Crippen LogP contribution is -2.64. The average molecular weight is 650 g/mol. The predicted octanol–water partition coefficient (Wildman–Crippen LogP) is 7.37. The molecule has 0 aliphatic heterocycles. The van der Waals surface area contributed by atoms with Crippen LogP contribution in [0.5, 0.6) is 5.75 Å².